The Morgan fingerprint density at radius 1 is 1.50 bits per heavy atom. The molecule has 4 heteroatoms. The zero-order chi connectivity index (χ0) is 10.6. The normalized spacial score (nSPS) is 9.93. The highest BCUT2D eigenvalue weighted by molar-refractivity contribution is 9.10. The van der Waals surface area contributed by atoms with Crippen molar-refractivity contribution in [3.05, 3.63) is 28.7 Å². The lowest BCUT2D eigenvalue weighted by molar-refractivity contribution is -0.117. The average Bonchev–Trinajstić information content (AvgIpc) is 2.18. The molecule has 0 bridgehead atoms. The van der Waals surface area contributed by atoms with Crippen LogP contribution in [0.25, 0.3) is 0 Å². The molecule has 1 aromatic rings. The van der Waals surface area contributed by atoms with Crippen molar-refractivity contribution in [3.63, 3.8) is 0 Å². The molecule has 0 N–H and O–H groups in total. The Morgan fingerprint density at radius 2 is 2.14 bits per heavy atom. The molecule has 76 valence electrons. The van der Waals surface area contributed by atoms with E-state index in [4.69, 9.17) is 0 Å². The van der Waals surface area contributed by atoms with Gasteiger partial charge in [-0.15, -0.1) is 0 Å². The minimum atomic E-state index is 0.0758. The fraction of sp³-hybridized carbons (Fsp3) is 0.300. The zero-order valence-electron chi connectivity index (χ0n) is 7.90. The van der Waals surface area contributed by atoms with Crippen molar-refractivity contribution in [1.29, 1.82) is 0 Å². The Balaban J connectivity index is 2.84. The number of amides is 1. The van der Waals surface area contributed by atoms with Crippen LogP contribution in [0.3, 0.4) is 0 Å². The van der Waals surface area contributed by atoms with Crippen LogP contribution in [0.4, 0.5) is 5.69 Å². The Kier molecular flexibility index (Phi) is 4.48. The molecule has 14 heavy (non-hydrogen) atoms. The number of benzene rings is 1. The number of thiol groups is 1. The van der Waals surface area contributed by atoms with Crippen LogP contribution in [-0.4, -0.2) is 18.7 Å². The first-order valence-electron chi connectivity index (χ1n) is 4.28. The highest BCUT2D eigenvalue weighted by Gasteiger charge is 2.11. The number of halogens is 1. The Morgan fingerprint density at radius 3 is 2.71 bits per heavy atom. The Hall–Kier alpha value is -0.480. The molecule has 1 rings (SSSR count). The fourth-order valence-corrected chi connectivity index (χ4v) is 1.86. The molecule has 0 radical (unpaired) electrons. The summed E-state index contributed by atoms with van der Waals surface area (Å²) in [6.45, 7) is 0. The topological polar surface area (TPSA) is 20.3 Å². The van der Waals surface area contributed by atoms with E-state index in [1.807, 2.05) is 24.3 Å². The molecule has 2 nitrogen and oxygen atoms in total. The first-order chi connectivity index (χ1) is 6.66. The summed E-state index contributed by atoms with van der Waals surface area (Å²) in [5.74, 6) is 0.653. The van der Waals surface area contributed by atoms with Crippen molar-refractivity contribution in [3.8, 4) is 0 Å². The number of anilines is 1. The van der Waals surface area contributed by atoms with Crippen LogP contribution in [0.2, 0.25) is 0 Å². The van der Waals surface area contributed by atoms with Gasteiger partial charge in [0, 0.05) is 17.9 Å². The number of rotatable bonds is 3. The van der Waals surface area contributed by atoms with Gasteiger partial charge in [0.2, 0.25) is 5.91 Å². The van der Waals surface area contributed by atoms with Crippen LogP contribution in [0, 0.1) is 0 Å². The monoisotopic (exact) mass is 273 g/mol. The van der Waals surface area contributed by atoms with E-state index in [1.165, 1.54) is 0 Å². The maximum absolute atomic E-state index is 11.6. The molecule has 0 fully saturated rings. The molecular formula is C10H12BrNOS. The number of hydrogen-bond acceptors (Lipinski definition) is 2. The SMILES string of the molecule is CN(C(=O)CCS)c1ccccc1Br. The van der Waals surface area contributed by atoms with Gasteiger partial charge < -0.3 is 4.90 Å². The summed E-state index contributed by atoms with van der Waals surface area (Å²) in [5, 5.41) is 0. The molecule has 0 aliphatic heterocycles. The predicted molar refractivity (Wildman–Crippen MR) is 66.0 cm³/mol. The van der Waals surface area contributed by atoms with Crippen molar-refractivity contribution in [2.45, 2.75) is 6.42 Å². The van der Waals surface area contributed by atoms with E-state index in [-0.39, 0.29) is 5.91 Å². The molecule has 0 aliphatic rings. The number of para-hydroxylation sites is 1. The van der Waals surface area contributed by atoms with E-state index in [0.717, 1.165) is 10.2 Å². The molecule has 0 atom stereocenters. The maximum Gasteiger partial charge on any atom is 0.227 e. The minimum absolute atomic E-state index is 0.0758. The highest BCUT2D eigenvalue weighted by Crippen LogP contribution is 2.24. The first kappa shape index (κ1) is 11.6. The molecule has 0 aromatic heterocycles. The summed E-state index contributed by atoms with van der Waals surface area (Å²) in [6.07, 6.45) is 0.459. The van der Waals surface area contributed by atoms with Gasteiger partial charge in [-0.25, -0.2) is 0 Å². The summed E-state index contributed by atoms with van der Waals surface area (Å²) in [5.41, 5.74) is 0.888. The van der Waals surface area contributed by atoms with Crippen molar-refractivity contribution in [2.75, 3.05) is 17.7 Å². The molecule has 1 aromatic carbocycles. The van der Waals surface area contributed by atoms with Crippen LogP contribution >= 0.6 is 28.6 Å². The summed E-state index contributed by atoms with van der Waals surface area (Å²) in [4.78, 5) is 13.2. The molecule has 0 saturated heterocycles. The molecule has 0 heterocycles. The predicted octanol–water partition coefficient (Wildman–Crippen LogP) is 2.73. The van der Waals surface area contributed by atoms with E-state index in [9.17, 15) is 4.79 Å². The smallest absolute Gasteiger partial charge is 0.227 e. The van der Waals surface area contributed by atoms with Gasteiger partial charge in [0.1, 0.15) is 0 Å². The lowest BCUT2D eigenvalue weighted by atomic mass is 10.3. The van der Waals surface area contributed by atoms with E-state index in [2.05, 4.69) is 28.6 Å². The van der Waals surface area contributed by atoms with E-state index >= 15 is 0 Å². The standard InChI is InChI=1S/C10H12BrNOS/c1-12(10(13)6-7-14)9-5-3-2-4-8(9)11/h2-5,14H,6-7H2,1H3. The summed E-state index contributed by atoms with van der Waals surface area (Å²) < 4.78 is 0.926. The van der Waals surface area contributed by atoms with Gasteiger partial charge in [0.15, 0.2) is 0 Å². The van der Waals surface area contributed by atoms with Crippen LogP contribution in [0.15, 0.2) is 28.7 Å². The third kappa shape index (κ3) is 2.75. The van der Waals surface area contributed by atoms with Crippen molar-refractivity contribution in [2.24, 2.45) is 0 Å². The summed E-state index contributed by atoms with van der Waals surface area (Å²) in [7, 11) is 1.77. The molecule has 0 saturated carbocycles. The van der Waals surface area contributed by atoms with Crippen molar-refractivity contribution < 1.29 is 4.79 Å². The third-order valence-corrected chi connectivity index (χ3v) is 2.81. The van der Waals surface area contributed by atoms with Crippen LogP contribution in [0.1, 0.15) is 6.42 Å². The second-order valence-electron chi connectivity index (χ2n) is 2.88. The van der Waals surface area contributed by atoms with Crippen LogP contribution < -0.4 is 4.90 Å². The van der Waals surface area contributed by atoms with Crippen LogP contribution in [0.5, 0.6) is 0 Å². The van der Waals surface area contributed by atoms with Gasteiger partial charge in [-0.05, 0) is 33.8 Å². The largest absolute Gasteiger partial charge is 0.314 e. The highest BCUT2D eigenvalue weighted by atomic mass is 79.9. The number of carbonyl (C=O) groups excluding carboxylic acids is 1. The molecule has 0 spiro atoms. The third-order valence-electron chi connectivity index (χ3n) is 1.91. The lowest BCUT2D eigenvalue weighted by Crippen LogP contribution is -2.26. The Bertz CT molecular complexity index is 330. The summed E-state index contributed by atoms with van der Waals surface area (Å²) in [6, 6.07) is 7.65. The van der Waals surface area contributed by atoms with E-state index in [0.29, 0.717) is 12.2 Å². The van der Waals surface area contributed by atoms with Crippen molar-refractivity contribution >= 4 is 40.2 Å². The zero-order valence-corrected chi connectivity index (χ0v) is 10.4. The lowest BCUT2D eigenvalue weighted by Gasteiger charge is -2.18. The molecule has 0 aliphatic carbocycles. The van der Waals surface area contributed by atoms with Gasteiger partial charge in [-0.2, -0.15) is 12.6 Å². The molecule has 0 unspecified atom stereocenters. The molecular weight excluding hydrogens is 262 g/mol. The van der Waals surface area contributed by atoms with Crippen molar-refractivity contribution in [1.82, 2.24) is 0 Å². The fourth-order valence-electron chi connectivity index (χ4n) is 1.12. The molecule has 1 amide bonds. The second-order valence-corrected chi connectivity index (χ2v) is 4.18. The van der Waals surface area contributed by atoms with E-state index < -0.39 is 0 Å². The van der Waals surface area contributed by atoms with Gasteiger partial charge in [-0.3, -0.25) is 4.79 Å². The van der Waals surface area contributed by atoms with E-state index in [1.54, 1.807) is 11.9 Å². The van der Waals surface area contributed by atoms with Crippen LogP contribution in [-0.2, 0) is 4.79 Å². The number of carbonyl (C=O) groups is 1. The Labute approximate surface area is 97.8 Å². The van der Waals surface area contributed by atoms with Gasteiger partial charge >= 0.3 is 0 Å². The quantitative estimate of drug-likeness (QED) is 0.840. The number of hydrogen-bond donors (Lipinski definition) is 1. The minimum Gasteiger partial charge on any atom is -0.314 e. The summed E-state index contributed by atoms with van der Waals surface area (Å²) >= 11 is 7.44. The van der Waals surface area contributed by atoms with Gasteiger partial charge in [-0.1, -0.05) is 12.1 Å². The number of nitrogens with zero attached hydrogens (tertiary/aromatic N) is 1. The van der Waals surface area contributed by atoms with Gasteiger partial charge in [0.25, 0.3) is 0 Å². The van der Waals surface area contributed by atoms with Gasteiger partial charge in [0.05, 0.1) is 5.69 Å². The maximum atomic E-state index is 11.6. The second kappa shape index (κ2) is 5.41. The first-order valence-corrected chi connectivity index (χ1v) is 5.71. The average molecular weight is 274 g/mol.